The number of aliphatic hydroxyl groups is 1. The molecule has 0 bridgehead atoms. The molecule has 1 aromatic carbocycles. The maximum atomic E-state index is 12.0. The highest BCUT2D eigenvalue weighted by molar-refractivity contribution is 6.05. The Hall–Kier alpha value is -3.04. The summed E-state index contributed by atoms with van der Waals surface area (Å²) in [6.07, 6.45) is 1.46. The molecule has 0 saturated heterocycles. The first kappa shape index (κ1) is 14.4. The second kappa shape index (κ2) is 6.41. The van der Waals surface area contributed by atoms with E-state index in [4.69, 9.17) is 5.11 Å². The van der Waals surface area contributed by atoms with Crippen molar-refractivity contribution in [2.75, 3.05) is 11.9 Å². The van der Waals surface area contributed by atoms with E-state index in [0.717, 1.165) is 6.07 Å². The number of aromatic hydroxyl groups is 2. The number of carbonyl (C=O) groups is 1. The third-order valence-electron chi connectivity index (χ3n) is 2.54. The van der Waals surface area contributed by atoms with Gasteiger partial charge in [0.05, 0.1) is 5.56 Å². The highest BCUT2D eigenvalue weighted by atomic mass is 16.3. The molecule has 106 valence electrons. The second-order valence-electron chi connectivity index (χ2n) is 4.05. The van der Waals surface area contributed by atoms with Gasteiger partial charge in [0.15, 0.2) is 0 Å². The van der Waals surface area contributed by atoms with Crippen LogP contribution >= 0.6 is 0 Å². The van der Waals surface area contributed by atoms with E-state index < -0.39 is 5.91 Å². The van der Waals surface area contributed by atoms with Crippen molar-refractivity contribution in [1.82, 2.24) is 4.98 Å². The largest absolute Gasteiger partial charge is 0.508 e. The molecule has 0 unspecified atom stereocenters. The molecule has 0 aliphatic rings. The van der Waals surface area contributed by atoms with Crippen LogP contribution in [0.1, 0.15) is 15.9 Å². The number of anilines is 1. The molecule has 1 heterocycles. The minimum atomic E-state index is -0.608. The zero-order chi connectivity index (χ0) is 15.2. The van der Waals surface area contributed by atoms with Gasteiger partial charge in [-0.25, -0.2) is 4.98 Å². The van der Waals surface area contributed by atoms with Gasteiger partial charge in [-0.2, -0.15) is 0 Å². The number of aliphatic hydroxyl groups excluding tert-OH is 1. The number of phenolic OH excluding ortho intramolecular Hbond substituents is 2. The van der Waals surface area contributed by atoms with Crippen molar-refractivity contribution in [3.8, 4) is 23.3 Å². The van der Waals surface area contributed by atoms with E-state index in [-0.39, 0.29) is 29.5 Å². The number of rotatable bonds is 2. The van der Waals surface area contributed by atoms with Crippen LogP contribution in [0.5, 0.6) is 11.5 Å². The predicted octanol–water partition coefficient (Wildman–Crippen LogP) is 1.09. The lowest BCUT2D eigenvalue weighted by Gasteiger charge is -2.06. The van der Waals surface area contributed by atoms with Gasteiger partial charge in [-0.15, -0.1) is 0 Å². The topological polar surface area (TPSA) is 103 Å². The Bertz CT molecular complexity index is 732. The minimum Gasteiger partial charge on any atom is -0.508 e. The van der Waals surface area contributed by atoms with E-state index in [1.54, 1.807) is 6.07 Å². The average Bonchev–Trinajstić information content (AvgIpc) is 2.48. The molecule has 0 aliphatic carbocycles. The third kappa shape index (κ3) is 3.72. The van der Waals surface area contributed by atoms with Crippen molar-refractivity contribution >= 4 is 11.7 Å². The Labute approximate surface area is 120 Å². The van der Waals surface area contributed by atoms with Crippen molar-refractivity contribution in [2.24, 2.45) is 0 Å². The van der Waals surface area contributed by atoms with Crippen molar-refractivity contribution in [2.45, 2.75) is 0 Å². The van der Waals surface area contributed by atoms with Crippen LogP contribution in [0.4, 0.5) is 5.82 Å². The van der Waals surface area contributed by atoms with Crippen LogP contribution in [0.2, 0.25) is 0 Å². The summed E-state index contributed by atoms with van der Waals surface area (Å²) in [6.45, 7) is -0.263. The zero-order valence-corrected chi connectivity index (χ0v) is 10.9. The quantitative estimate of drug-likeness (QED) is 0.488. The molecule has 6 heteroatoms. The fourth-order valence-electron chi connectivity index (χ4n) is 1.61. The minimum absolute atomic E-state index is 0.0661. The lowest BCUT2D eigenvalue weighted by Crippen LogP contribution is -2.13. The Kier molecular flexibility index (Phi) is 4.39. The fourth-order valence-corrected chi connectivity index (χ4v) is 1.61. The highest BCUT2D eigenvalue weighted by Gasteiger charge is 2.12. The van der Waals surface area contributed by atoms with Crippen LogP contribution in [0.3, 0.4) is 0 Å². The number of nitrogens with zero attached hydrogens (tertiary/aromatic N) is 1. The van der Waals surface area contributed by atoms with Crippen molar-refractivity contribution in [3.05, 3.63) is 47.7 Å². The number of nitrogens with one attached hydrogen (secondary N) is 1. The molecule has 0 spiro atoms. The molecule has 2 aromatic rings. The van der Waals surface area contributed by atoms with Crippen LogP contribution in [-0.4, -0.2) is 32.8 Å². The first-order chi connectivity index (χ1) is 10.1. The first-order valence-corrected chi connectivity index (χ1v) is 5.99. The smallest absolute Gasteiger partial charge is 0.260 e. The molecule has 0 aliphatic heterocycles. The van der Waals surface area contributed by atoms with Gasteiger partial charge >= 0.3 is 0 Å². The number of hydrogen-bond acceptors (Lipinski definition) is 5. The number of carbonyl (C=O) groups excluding carboxylic acids is 1. The van der Waals surface area contributed by atoms with Crippen LogP contribution in [0.15, 0.2) is 36.5 Å². The van der Waals surface area contributed by atoms with Gasteiger partial charge in [0.25, 0.3) is 5.91 Å². The fraction of sp³-hybridized carbons (Fsp3) is 0.0667. The molecule has 0 atom stereocenters. The van der Waals surface area contributed by atoms with Crippen molar-refractivity contribution in [1.29, 1.82) is 0 Å². The number of amides is 1. The van der Waals surface area contributed by atoms with Gasteiger partial charge < -0.3 is 20.6 Å². The molecule has 0 radical (unpaired) electrons. The number of benzene rings is 1. The molecule has 2 rings (SSSR count). The van der Waals surface area contributed by atoms with Gasteiger partial charge in [-0.05, 0) is 30.3 Å². The summed E-state index contributed by atoms with van der Waals surface area (Å²) in [6, 6.07) is 6.81. The normalized spacial score (nSPS) is 9.57. The molecule has 0 fully saturated rings. The van der Waals surface area contributed by atoms with Gasteiger partial charge in [-0.1, -0.05) is 11.8 Å². The maximum Gasteiger partial charge on any atom is 0.260 e. The third-order valence-corrected chi connectivity index (χ3v) is 2.54. The summed E-state index contributed by atoms with van der Waals surface area (Å²) in [5.74, 6) is 4.43. The van der Waals surface area contributed by atoms with Crippen molar-refractivity contribution in [3.63, 3.8) is 0 Å². The summed E-state index contributed by atoms with van der Waals surface area (Å²) in [7, 11) is 0. The maximum absolute atomic E-state index is 12.0. The monoisotopic (exact) mass is 284 g/mol. The molecule has 4 N–H and O–H groups in total. The van der Waals surface area contributed by atoms with E-state index in [1.165, 1.54) is 24.4 Å². The van der Waals surface area contributed by atoms with E-state index in [1.807, 2.05) is 0 Å². The lowest BCUT2D eigenvalue weighted by atomic mass is 10.1. The molecule has 1 amide bonds. The number of phenols is 2. The molecular formula is C15H12N2O4. The summed E-state index contributed by atoms with van der Waals surface area (Å²) in [5, 5.41) is 30.1. The van der Waals surface area contributed by atoms with Crippen LogP contribution in [-0.2, 0) is 0 Å². The summed E-state index contributed by atoms with van der Waals surface area (Å²) in [4.78, 5) is 16.0. The van der Waals surface area contributed by atoms with Gasteiger partial charge in [0.1, 0.15) is 23.9 Å². The summed E-state index contributed by atoms with van der Waals surface area (Å²) < 4.78 is 0. The average molecular weight is 284 g/mol. The van der Waals surface area contributed by atoms with E-state index in [2.05, 4.69) is 22.1 Å². The number of aromatic nitrogens is 1. The zero-order valence-electron chi connectivity index (χ0n) is 10.9. The molecule has 21 heavy (non-hydrogen) atoms. The van der Waals surface area contributed by atoms with Gasteiger partial charge in [-0.3, -0.25) is 4.79 Å². The number of pyridine rings is 1. The van der Waals surface area contributed by atoms with Crippen LogP contribution in [0, 0.1) is 11.8 Å². The van der Waals surface area contributed by atoms with Gasteiger partial charge in [0, 0.05) is 11.8 Å². The molecule has 6 nitrogen and oxygen atoms in total. The highest BCUT2D eigenvalue weighted by Crippen LogP contribution is 2.22. The Morgan fingerprint density at radius 2 is 2.05 bits per heavy atom. The van der Waals surface area contributed by atoms with E-state index in [0.29, 0.717) is 5.56 Å². The van der Waals surface area contributed by atoms with Gasteiger partial charge in [0.2, 0.25) is 0 Å². The lowest BCUT2D eigenvalue weighted by molar-refractivity contribution is 0.102. The molecular weight excluding hydrogens is 272 g/mol. The summed E-state index contributed by atoms with van der Waals surface area (Å²) in [5.41, 5.74) is 0.512. The Morgan fingerprint density at radius 3 is 2.81 bits per heavy atom. The first-order valence-electron chi connectivity index (χ1n) is 5.99. The van der Waals surface area contributed by atoms with Crippen LogP contribution < -0.4 is 5.32 Å². The van der Waals surface area contributed by atoms with E-state index >= 15 is 0 Å². The SMILES string of the molecule is O=C(Nc1cc(C#CCO)ccn1)c1cc(O)ccc1O. The summed E-state index contributed by atoms with van der Waals surface area (Å²) >= 11 is 0. The second-order valence-corrected chi connectivity index (χ2v) is 4.05. The standard InChI is InChI=1S/C15H12N2O4/c18-7-1-2-10-5-6-16-14(8-10)17-15(21)12-9-11(19)3-4-13(12)20/h3-6,8-9,18-20H,7H2,(H,16,17,21). The van der Waals surface area contributed by atoms with Crippen LogP contribution in [0.25, 0.3) is 0 Å². The molecule has 0 saturated carbocycles. The number of hydrogen-bond donors (Lipinski definition) is 4. The Morgan fingerprint density at radius 1 is 1.24 bits per heavy atom. The Balaban J connectivity index is 2.21. The molecule has 1 aromatic heterocycles. The van der Waals surface area contributed by atoms with Crippen molar-refractivity contribution < 1.29 is 20.1 Å². The van der Waals surface area contributed by atoms with E-state index in [9.17, 15) is 15.0 Å². The predicted molar refractivity (Wildman–Crippen MR) is 75.9 cm³/mol.